The standard InChI is InChI=1S/C17H14BrFN4/c18-13-5-1-11(2-6-13)15-9-16(12-3-7-14(19)8-4-12)23-17(22-15)20-10-21-23/h1-8,10,15-16H,9H2,(H,20,21,22)/t15-,16+/m1/s1. The smallest absolute Gasteiger partial charge is 0.222 e. The quantitative estimate of drug-likeness (QED) is 0.727. The van der Waals surface area contributed by atoms with Gasteiger partial charge in [0.15, 0.2) is 0 Å². The molecule has 1 aliphatic rings. The van der Waals surface area contributed by atoms with Crippen molar-refractivity contribution in [1.29, 1.82) is 0 Å². The summed E-state index contributed by atoms with van der Waals surface area (Å²) in [5, 5.41) is 7.74. The molecule has 4 nitrogen and oxygen atoms in total. The van der Waals surface area contributed by atoms with Crippen LogP contribution in [0.3, 0.4) is 0 Å². The van der Waals surface area contributed by atoms with Crippen LogP contribution in [-0.2, 0) is 0 Å². The van der Waals surface area contributed by atoms with E-state index in [1.165, 1.54) is 17.7 Å². The summed E-state index contributed by atoms with van der Waals surface area (Å²) in [5.74, 6) is 0.504. The molecule has 0 saturated carbocycles. The molecule has 0 fully saturated rings. The van der Waals surface area contributed by atoms with E-state index in [9.17, 15) is 4.39 Å². The zero-order chi connectivity index (χ0) is 15.8. The number of benzene rings is 2. The third kappa shape index (κ3) is 2.74. The fraction of sp³-hybridized carbons (Fsp3) is 0.176. The molecule has 3 aromatic rings. The molecule has 1 aromatic heterocycles. The number of fused-ring (bicyclic) bond motifs is 1. The van der Waals surface area contributed by atoms with Gasteiger partial charge in [0.25, 0.3) is 0 Å². The van der Waals surface area contributed by atoms with Gasteiger partial charge < -0.3 is 5.32 Å². The summed E-state index contributed by atoms with van der Waals surface area (Å²) < 4.78 is 16.1. The molecule has 4 rings (SSSR count). The Morgan fingerprint density at radius 2 is 1.74 bits per heavy atom. The number of hydrogen-bond acceptors (Lipinski definition) is 3. The van der Waals surface area contributed by atoms with Gasteiger partial charge in [0.2, 0.25) is 5.95 Å². The maximum atomic E-state index is 13.2. The van der Waals surface area contributed by atoms with Gasteiger partial charge in [-0.15, -0.1) is 0 Å². The summed E-state index contributed by atoms with van der Waals surface area (Å²) in [4.78, 5) is 4.30. The Morgan fingerprint density at radius 3 is 2.48 bits per heavy atom. The summed E-state index contributed by atoms with van der Waals surface area (Å²) in [6, 6.07) is 15.0. The van der Waals surface area contributed by atoms with Gasteiger partial charge in [-0.3, -0.25) is 0 Å². The zero-order valence-corrected chi connectivity index (χ0v) is 13.7. The molecule has 2 heterocycles. The molecule has 116 valence electrons. The van der Waals surface area contributed by atoms with E-state index in [4.69, 9.17) is 0 Å². The molecule has 0 spiro atoms. The maximum Gasteiger partial charge on any atom is 0.222 e. The minimum absolute atomic E-state index is 0.0306. The number of rotatable bonds is 2. The highest BCUT2D eigenvalue weighted by molar-refractivity contribution is 9.10. The van der Waals surface area contributed by atoms with Crippen LogP contribution in [0.4, 0.5) is 10.3 Å². The lowest BCUT2D eigenvalue weighted by Crippen LogP contribution is -2.28. The highest BCUT2D eigenvalue weighted by Gasteiger charge is 2.29. The topological polar surface area (TPSA) is 42.7 Å². The van der Waals surface area contributed by atoms with Crippen molar-refractivity contribution in [2.75, 3.05) is 5.32 Å². The average molecular weight is 373 g/mol. The van der Waals surface area contributed by atoms with Crippen molar-refractivity contribution >= 4 is 21.9 Å². The number of aromatic nitrogens is 3. The largest absolute Gasteiger partial charge is 0.348 e. The molecular formula is C17H14BrFN4. The monoisotopic (exact) mass is 372 g/mol. The Bertz CT molecular complexity index is 813. The Labute approximate surface area is 141 Å². The second-order valence-electron chi connectivity index (χ2n) is 5.58. The number of hydrogen-bond donors (Lipinski definition) is 1. The predicted molar refractivity (Wildman–Crippen MR) is 89.7 cm³/mol. The molecular weight excluding hydrogens is 359 g/mol. The minimum atomic E-state index is -0.231. The van der Waals surface area contributed by atoms with E-state index in [0.717, 1.165) is 22.4 Å². The highest BCUT2D eigenvalue weighted by atomic mass is 79.9. The van der Waals surface area contributed by atoms with Gasteiger partial charge in [-0.05, 0) is 41.8 Å². The number of anilines is 1. The fourth-order valence-corrected chi connectivity index (χ4v) is 3.26. The van der Waals surface area contributed by atoms with Gasteiger partial charge in [0.1, 0.15) is 12.1 Å². The first-order valence-electron chi connectivity index (χ1n) is 7.38. The third-order valence-corrected chi connectivity index (χ3v) is 4.69. The number of halogens is 2. The van der Waals surface area contributed by atoms with Gasteiger partial charge in [-0.25, -0.2) is 9.07 Å². The van der Waals surface area contributed by atoms with Crippen molar-refractivity contribution in [2.24, 2.45) is 0 Å². The van der Waals surface area contributed by atoms with Crippen LogP contribution >= 0.6 is 15.9 Å². The second-order valence-corrected chi connectivity index (χ2v) is 6.50. The molecule has 6 heteroatoms. The van der Waals surface area contributed by atoms with Crippen molar-refractivity contribution in [1.82, 2.24) is 14.8 Å². The zero-order valence-electron chi connectivity index (χ0n) is 12.2. The molecule has 1 aliphatic heterocycles. The van der Waals surface area contributed by atoms with Crippen LogP contribution in [0.25, 0.3) is 0 Å². The maximum absolute atomic E-state index is 13.2. The molecule has 23 heavy (non-hydrogen) atoms. The van der Waals surface area contributed by atoms with Crippen LogP contribution in [0.15, 0.2) is 59.3 Å². The predicted octanol–water partition coefficient (Wildman–Crippen LogP) is 4.33. The van der Waals surface area contributed by atoms with Crippen molar-refractivity contribution < 1.29 is 4.39 Å². The van der Waals surface area contributed by atoms with E-state index in [-0.39, 0.29) is 17.9 Å². The Balaban J connectivity index is 1.71. The molecule has 0 unspecified atom stereocenters. The lowest BCUT2D eigenvalue weighted by Gasteiger charge is -2.31. The van der Waals surface area contributed by atoms with E-state index in [1.807, 2.05) is 28.9 Å². The van der Waals surface area contributed by atoms with Gasteiger partial charge in [0.05, 0.1) is 12.1 Å². The minimum Gasteiger partial charge on any atom is -0.348 e. The molecule has 2 aromatic carbocycles. The Kier molecular flexibility index (Phi) is 3.61. The van der Waals surface area contributed by atoms with Gasteiger partial charge in [0, 0.05) is 4.47 Å². The second kappa shape index (κ2) is 5.77. The SMILES string of the molecule is Fc1ccc([C@@H]2C[C@H](c3ccc(Br)cc3)Nc3ncnn32)cc1. The van der Waals surface area contributed by atoms with Gasteiger partial charge >= 0.3 is 0 Å². The third-order valence-electron chi connectivity index (χ3n) is 4.16. The van der Waals surface area contributed by atoms with Crippen molar-refractivity contribution in [3.63, 3.8) is 0 Å². The van der Waals surface area contributed by atoms with E-state index in [2.05, 4.69) is 43.5 Å². The summed E-state index contributed by atoms with van der Waals surface area (Å²) >= 11 is 3.46. The Morgan fingerprint density at radius 1 is 1.04 bits per heavy atom. The van der Waals surface area contributed by atoms with Crippen LogP contribution in [-0.4, -0.2) is 14.8 Å². The lowest BCUT2D eigenvalue weighted by atomic mass is 9.93. The molecule has 0 aliphatic carbocycles. The van der Waals surface area contributed by atoms with Crippen molar-refractivity contribution in [2.45, 2.75) is 18.5 Å². The number of nitrogens with zero attached hydrogens (tertiary/aromatic N) is 3. The molecule has 2 atom stereocenters. The normalized spacial score (nSPS) is 19.9. The van der Waals surface area contributed by atoms with Crippen LogP contribution in [0.2, 0.25) is 0 Å². The molecule has 1 N–H and O–H groups in total. The number of nitrogens with one attached hydrogen (secondary N) is 1. The van der Waals surface area contributed by atoms with Crippen LogP contribution in [0, 0.1) is 5.82 Å². The molecule has 0 saturated heterocycles. The van der Waals surface area contributed by atoms with E-state index in [1.54, 1.807) is 6.33 Å². The summed E-state index contributed by atoms with van der Waals surface area (Å²) in [7, 11) is 0. The van der Waals surface area contributed by atoms with Crippen molar-refractivity contribution in [3.8, 4) is 0 Å². The van der Waals surface area contributed by atoms with Crippen LogP contribution in [0.1, 0.15) is 29.6 Å². The summed E-state index contributed by atoms with van der Waals surface area (Å²) in [6.07, 6.45) is 2.37. The molecule has 0 bridgehead atoms. The molecule has 0 radical (unpaired) electrons. The summed E-state index contributed by atoms with van der Waals surface area (Å²) in [5.41, 5.74) is 2.22. The van der Waals surface area contributed by atoms with E-state index >= 15 is 0 Å². The van der Waals surface area contributed by atoms with Gasteiger partial charge in [-0.1, -0.05) is 40.2 Å². The van der Waals surface area contributed by atoms with E-state index in [0.29, 0.717) is 0 Å². The average Bonchev–Trinajstić information content (AvgIpc) is 3.04. The fourth-order valence-electron chi connectivity index (χ4n) is 3.00. The molecule has 0 amide bonds. The van der Waals surface area contributed by atoms with E-state index < -0.39 is 0 Å². The summed E-state index contributed by atoms with van der Waals surface area (Å²) in [6.45, 7) is 0. The highest BCUT2D eigenvalue weighted by Crippen LogP contribution is 2.37. The first-order valence-corrected chi connectivity index (χ1v) is 8.17. The lowest BCUT2D eigenvalue weighted by molar-refractivity contribution is 0.430. The van der Waals surface area contributed by atoms with Crippen LogP contribution in [0.5, 0.6) is 0 Å². The Hall–Kier alpha value is -2.21. The first-order chi connectivity index (χ1) is 11.2. The van der Waals surface area contributed by atoms with Crippen molar-refractivity contribution in [3.05, 3.63) is 76.3 Å². The first kappa shape index (κ1) is 14.4. The van der Waals surface area contributed by atoms with Gasteiger partial charge in [-0.2, -0.15) is 10.1 Å². The van der Waals surface area contributed by atoms with Crippen LogP contribution < -0.4 is 5.32 Å².